The van der Waals surface area contributed by atoms with E-state index in [1.807, 2.05) is 13.0 Å². The van der Waals surface area contributed by atoms with Crippen LogP contribution in [-0.4, -0.2) is 13.3 Å². The van der Waals surface area contributed by atoms with E-state index in [0.717, 1.165) is 15.9 Å². The molecule has 0 aliphatic rings. The molecule has 0 heterocycles. The number of aryl methyl sites for hydroxylation is 1. The molecule has 3 aromatic carbocycles. The summed E-state index contributed by atoms with van der Waals surface area (Å²) >= 11 is 0. The summed E-state index contributed by atoms with van der Waals surface area (Å²) in [4.78, 5) is 10.2. The Morgan fingerprint density at radius 1 is 1.00 bits per heavy atom. The molecule has 0 N–H and O–H groups in total. The second-order valence-corrected chi connectivity index (χ2v) is 8.09. The Morgan fingerprint density at radius 3 is 2.32 bits per heavy atom. The van der Waals surface area contributed by atoms with E-state index in [2.05, 4.69) is 0 Å². The van der Waals surface area contributed by atoms with E-state index in [-0.39, 0.29) is 17.1 Å². The van der Waals surface area contributed by atoms with Crippen LogP contribution in [0.1, 0.15) is 11.1 Å². The molecule has 8 heteroatoms. The maximum Gasteiger partial charge on any atom is 0.270 e. The van der Waals surface area contributed by atoms with Crippen LogP contribution in [0.3, 0.4) is 0 Å². The van der Waals surface area contributed by atoms with Gasteiger partial charge in [0.1, 0.15) is 5.82 Å². The monoisotopic (exact) mass is 400 g/mol. The predicted molar refractivity (Wildman–Crippen MR) is 104 cm³/mol. The maximum atomic E-state index is 13.3. The van der Waals surface area contributed by atoms with E-state index < -0.39 is 20.8 Å². The third kappa shape index (κ3) is 4.17. The van der Waals surface area contributed by atoms with Gasteiger partial charge in [-0.2, -0.15) is 0 Å². The van der Waals surface area contributed by atoms with Gasteiger partial charge in [-0.05, 0) is 48.4 Å². The Labute approximate surface area is 162 Å². The summed E-state index contributed by atoms with van der Waals surface area (Å²) in [5, 5.41) is 11.0. The standard InChI is InChI=1S/C20H17FN2O4S/c1-15-4-2-5-18(12-15)22(14-16-8-10-17(21)11-9-16)28(26,27)20-7-3-6-19(13-20)23(24)25/h2-13H,14H2,1H3. The van der Waals surface area contributed by atoms with Gasteiger partial charge < -0.3 is 0 Å². The quantitative estimate of drug-likeness (QED) is 0.453. The highest BCUT2D eigenvalue weighted by Crippen LogP contribution is 2.28. The minimum atomic E-state index is -4.10. The number of hydrogen-bond acceptors (Lipinski definition) is 4. The van der Waals surface area contributed by atoms with Gasteiger partial charge in [0, 0.05) is 12.1 Å². The number of benzene rings is 3. The van der Waals surface area contributed by atoms with Crippen LogP contribution in [0, 0.1) is 22.9 Å². The maximum absolute atomic E-state index is 13.3. The van der Waals surface area contributed by atoms with Gasteiger partial charge in [0.15, 0.2) is 0 Å². The molecule has 0 aliphatic heterocycles. The smallest absolute Gasteiger partial charge is 0.262 e. The van der Waals surface area contributed by atoms with Crippen molar-refractivity contribution in [3.63, 3.8) is 0 Å². The summed E-state index contributed by atoms with van der Waals surface area (Å²) in [5.41, 5.74) is 1.54. The first-order chi connectivity index (χ1) is 13.3. The van der Waals surface area contributed by atoms with E-state index in [1.54, 1.807) is 18.2 Å². The van der Waals surface area contributed by atoms with Gasteiger partial charge in [-0.25, -0.2) is 12.8 Å². The fraction of sp³-hybridized carbons (Fsp3) is 0.100. The lowest BCUT2D eigenvalue weighted by Crippen LogP contribution is -2.30. The summed E-state index contributed by atoms with van der Waals surface area (Å²) in [6.45, 7) is 1.79. The second kappa shape index (κ2) is 7.77. The Balaban J connectivity index is 2.10. The molecule has 0 saturated carbocycles. The van der Waals surface area contributed by atoms with Crippen LogP contribution < -0.4 is 4.31 Å². The molecule has 0 unspecified atom stereocenters. The number of hydrogen-bond donors (Lipinski definition) is 0. The molecule has 144 valence electrons. The number of rotatable bonds is 6. The normalized spacial score (nSPS) is 11.2. The number of anilines is 1. The van der Waals surface area contributed by atoms with Crippen LogP contribution in [0.2, 0.25) is 0 Å². The number of non-ortho nitro benzene ring substituents is 1. The minimum Gasteiger partial charge on any atom is -0.262 e. The number of sulfonamides is 1. The Hall–Kier alpha value is -3.26. The van der Waals surface area contributed by atoms with Crippen molar-refractivity contribution < 1.29 is 17.7 Å². The third-order valence-corrected chi connectivity index (χ3v) is 5.92. The van der Waals surface area contributed by atoms with Crippen molar-refractivity contribution in [1.29, 1.82) is 0 Å². The molecular formula is C20H17FN2O4S. The molecule has 0 saturated heterocycles. The lowest BCUT2D eigenvalue weighted by molar-refractivity contribution is -0.385. The van der Waals surface area contributed by atoms with E-state index in [4.69, 9.17) is 0 Å². The van der Waals surface area contributed by atoms with Gasteiger partial charge in [-0.15, -0.1) is 0 Å². The van der Waals surface area contributed by atoms with E-state index >= 15 is 0 Å². The number of halogens is 1. The fourth-order valence-corrected chi connectivity index (χ4v) is 4.22. The largest absolute Gasteiger partial charge is 0.270 e. The topological polar surface area (TPSA) is 80.5 Å². The molecule has 0 bridgehead atoms. The molecule has 0 aliphatic carbocycles. The lowest BCUT2D eigenvalue weighted by atomic mass is 10.2. The molecule has 3 aromatic rings. The number of nitro benzene ring substituents is 1. The van der Waals surface area contributed by atoms with Gasteiger partial charge in [-0.1, -0.05) is 30.3 Å². The first-order valence-corrected chi connectivity index (χ1v) is 9.80. The summed E-state index contributed by atoms with van der Waals surface area (Å²) in [7, 11) is -4.10. The molecule has 28 heavy (non-hydrogen) atoms. The first-order valence-electron chi connectivity index (χ1n) is 8.36. The summed E-state index contributed by atoms with van der Waals surface area (Å²) in [5.74, 6) is -0.424. The molecule has 0 spiro atoms. The molecule has 6 nitrogen and oxygen atoms in total. The zero-order chi connectivity index (χ0) is 20.3. The SMILES string of the molecule is Cc1cccc(N(Cc2ccc(F)cc2)S(=O)(=O)c2cccc([N+](=O)[O-])c2)c1. The van der Waals surface area contributed by atoms with Crippen LogP contribution in [0.15, 0.2) is 77.7 Å². The second-order valence-electron chi connectivity index (χ2n) is 6.23. The van der Waals surface area contributed by atoms with Crippen molar-refractivity contribution in [1.82, 2.24) is 0 Å². The average Bonchev–Trinajstić information content (AvgIpc) is 2.67. The van der Waals surface area contributed by atoms with Crippen molar-refractivity contribution in [2.75, 3.05) is 4.31 Å². The molecule has 0 amide bonds. The highest BCUT2D eigenvalue weighted by Gasteiger charge is 2.27. The highest BCUT2D eigenvalue weighted by atomic mass is 32.2. The molecule has 0 aromatic heterocycles. The summed E-state index contributed by atoms with van der Waals surface area (Å²) in [6.07, 6.45) is 0. The number of nitro groups is 1. The van der Waals surface area contributed by atoms with Gasteiger partial charge in [-0.3, -0.25) is 14.4 Å². The van der Waals surface area contributed by atoms with Crippen LogP contribution in [0.25, 0.3) is 0 Å². The minimum absolute atomic E-state index is 0.0469. The predicted octanol–water partition coefficient (Wildman–Crippen LogP) is 4.44. The molecule has 0 radical (unpaired) electrons. The Morgan fingerprint density at radius 2 is 1.68 bits per heavy atom. The van der Waals surface area contributed by atoms with E-state index in [1.165, 1.54) is 42.5 Å². The van der Waals surface area contributed by atoms with Gasteiger partial charge in [0.2, 0.25) is 0 Å². The molecular weight excluding hydrogens is 383 g/mol. The molecule has 3 rings (SSSR count). The average molecular weight is 400 g/mol. The van der Waals surface area contributed by atoms with Crippen LogP contribution >= 0.6 is 0 Å². The Kier molecular flexibility index (Phi) is 5.41. The summed E-state index contributed by atoms with van der Waals surface area (Å²) in [6, 6.07) is 17.3. The zero-order valence-corrected chi connectivity index (χ0v) is 15.8. The van der Waals surface area contributed by atoms with Crippen LogP contribution in [0.5, 0.6) is 0 Å². The van der Waals surface area contributed by atoms with Crippen molar-refractivity contribution in [2.24, 2.45) is 0 Å². The first kappa shape index (κ1) is 19.5. The van der Waals surface area contributed by atoms with Crippen LogP contribution in [0.4, 0.5) is 15.8 Å². The van der Waals surface area contributed by atoms with Crippen LogP contribution in [-0.2, 0) is 16.6 Å². The number of nitrogens with zero attached hydrogens (tertiary/aromatic N) is 2. The fourth-order valence-electron chi connectivity index (χ4n) is 2.74. The third-order valence-electron chi connectivity index (χ3n) is 4.15. The van der Waals surface area contributed by atoms with E-state index in [9.17, 15) is 22.9 Å². The van der Waals surface area contributed by atoms with E-state index in [0.29, 0.717) is 11.3 Å². The van der Waals surface area contributed by atoms with Gasteiger partial charge in [0.25, 0.3) is 15.7 Å². The van der Waals surface area contributed by atoms with Gasteiger partial charge in [0.05, 0.1) is 22.1 Å². The van der Waals surface area contributed by atoms with Crippen molar-refractivity contribution in [2.45, 2.75) is 18.4 Å². The van der Waals surface area contributed by atoms with Gasteiger partial charge >= 0.3 is 0 Å². The summed E-state index contributed by atoms with van der Waals surface area (Å²) < 4.78 is 41.0. The Bertz CT molecular complexity index is 1120. The van der Waals surface area contributed by atoms with Crippen molar-refractivity contribution >= 4 is 21.4 Å². The molecule has 0 atom stereocenters. The van der Waals surface area contributed by atoms with Crippen molar-refractivity contribution in [3.05, 3.63) is 99.9 Å². The molecule has 0 fully saturated rings. The van der Waals surface area contributed by atoms with Crippen molar-refractivity contribution in [3.8, 4) is 0 Å². The highest BCUT2D eigenvalue weighted by molar-refractivity contribution is 7.92. The lowest BCUT2D eigenvalue weighted by Gasteiger charge is -2.25. The zero-order valence-electron chi connectivity index (χ0n) is 14.9.